The molecule has 5 heteroatoms. The van der Waals surface area contributed by atoms with Crippen LogP contribution in [0.1, 0.15) is 19.8 Å². The zero-order chi connectivity index (χ0) is 12.3. The first kappa shape index (κ1) is 12.7. The molecular formula is C12H15ClN2OS. The van der Waals surface area contributed by atoms with Crippen LogP contribution in [0, 0.1) is 0 Å². The van der Waals surface area contributed by atoms with Crippen LogP contribution in [0.15, 0.2) is 23.4 Å². The molecule has 92 valence electrons. The van der Waals surface area contributed by atoms with Crippen molar-refractivity contribution in [2.24, 2.45) is 0 Å². The second kappa shape index (κ2) is 5.74. The largest absolute Gasteiger partial charge is 0.342 e. The van der Waals surface area contributed by atoms with Crippen LogP contribution in [0.25, 0.3) is 0 Å². The number of rotatable bonds is 3. The number of halogens is 1. The highest BCUT2D eigenvalue weighted by molar-refractivity contribution is 8.00. The Balaban J connectivity index is 1.99. The molecule has 1 unspecified atom stereocenters. The third-order valence-electron chi connectivity index (χ3n) is 2.78. The minimum Gasteiger partial charge on any atom is -0.342 e. The van der Waals surface area contributed by atoms with Crippen LogP contribution < -0.4 is 0 Å². The number of thioether (sulfide) groups is 1. The van der Waals surface area contributed by atoms with Crippen LogP contribution in [-0.2, 0) is 4.79 Å². The number of hydrogen-bond donors (Lipinski definition) is 0. The van der Waals surface area contributed by atoms with Crippen LogP contribution in [0.3, 0.4) is 0 Å². The number of amides is 1. The minimum absolute atomic E-state index is 0.125. The van der Waals surface area contributed by atoms with Crippen molar-refractivity contribution >= 4 is 29.3 Å². The van der Waals surface area contributed by atoms with Crippen LogP contribution >= 0.6 is 23.4 Å². The summed E-state index contributed by atoms with van der Waals surface area (Å²) in [6.45, 7) is 3.69. The lowest BCUT2D eigenvalue weighted by Gasteiger charge is -2.19. The van der Waals surface area contributed by atoms with Gasteiger partial charge in [-0.1, -0.05) is 23.4 Å². The first-order valence-electron chi connectivity index (χ1n) is 5.74. The van der Waals surface area contributed by atoms with E-state index in [-0.39, 0.29) is 11.2 Å². The maximum absolute atomic E-state index is 12.1. The summed E-state index contributed by atoms with van der Waals surface area (Å²) in [5.41, 5.74) is 0. The molecule has 1 aromatic heterocycles. The Bertz CT molecular complexity index is 407. The number of hydrogen-bond acceptors (Lipinski definition) is 3. The van der Waals surface area contributed by atoms with E-state index in [4.69, 9.17) is 11.6 Å². The Morgan fingerprint density at radius 3 is 2.88 bits per heavy atom. The predicted octanol–water partition coefficient (Wildman–Crippen LogP) is 2.84. The summed E-state index contributed by atoms with van der Waals surface area (Å²) in [7, 11) is 0. The van der Waals surface area contributed by atoms with Gasteiger partial charge in [-0.3, -0.25) is 4.79 Å². The van der Waals surface area contributed by atoms with Gasteiger partial charge in [-0.2, -0.15) is 0 Å². The molecule has 0 bridgehead atoms. The molecule has 1 aliphatic heterocycles. The SMILES string of the molecule is CC(Sc1ncccc1Cl)C(=O)N1CCCC1. The Morgan fingerprint density at radius 2 is 2.24 bits per heavy atom. The molecule has 0 N–H and O–H groups in total. The van der Waals surface area contributed by atoms with Gasteiger partial charge in [0, 0.05) is 19.3 Å². The van der Waals surface area contributed by atoms with Crippen molar-refractivity contribution in [3.63, 3.8) is 0 Å². The molecule has 1 fully saturated rings. The van der Waals surface area contributed by atoms with E-state index in [2.05, 4.69) is 4.98 Å². The molecule has 2 rings (SSSR count). The van der Waals surface area contributed by atoms with Crippen molar-refractivity contribution in [3.05, 3.63) is 23.4 Å². The van der Waals surface area contributed by atoms with Gasteiger partial charge in [-0.05, 0) is 31.9 Å². The van der Waals surface area contributed by atoms with E-state index < -0.39 is 0 Å². The number of aromatic nitrogens is 1. The third-order valence-corrected chi connectivity index (χ3v) is 4.30. The normalized spacial score (nSPS) is 17.2. The lowest BCUT2D eigenvalue weighted by Crippen LogP contribution is -2.34. The summed E-state index contributed by atoms with van der Waals surface area (Å²) in [4.78, 5) is 18.2. The summed E-state index contributed by atoms with van der Waals surface area (Å²) >= 11 is 7.46. The fourth-order valence-corrected chi connectivity index (χ4v) is 3.01. The van der Waals surface area contributed by atoms with E-state index in [0.29, 0.717) is 5.02 Å². The fraction of sp³-hybridized carbons (Fsp3) is 0.500. The summed E-state index contributed by atoms with van der Waals surface area (Å²) < 4.78 is 0. The first-order valence-corrected chi connectivity index (χ1v) is 7.00. The van der Waals surface area contributed by atoms with E-state index in [9.17, 15) is 4.79 Å². The lowest BCUT2D eigenvalue weighted by atomic mass is 10.4. The predicted molar refractivity (Wildman–Crippen MR) is 70.4 cm³/mol. The Morgan fingerprint density at radius 1 is 1.53 bits per heavy atom. The van der Waals surface area contributed by atoms with Crippen LogP contribution in [-0.4, -0.2) is 34.1 Å². The Kier molecular flexibility index (Phi) is 4.29. The zero-order valence-corrected chi connectivity index (χ0v) is 11.3. The number of carbonyl (C=O) groups is 1. The Labute approximate surface area is 111 Å². The van der Waals surface area contributed by atoms with Crippen molar-refractivity contribution in [1.29, 1.82) is 0 Å². The van der Waals surface area contributed by atoms with Gasteiger partial charge in [-0.25, -0.2) is 4.98 Å². The molecule has 1 atom stereocenters. The molecule has 1 amide bonds. The second-order valence-corrected chi connectivity index (χ2v) is 5.82. The number of pyridine rings is 1. The van der Waals surface area contributed by atoms with Crippen LogP contribution in [0.4, 0.5) is 0 Å². The van der Waals surface area contributed by atoms with Crippen molar-refractivity contribution in [2.75, 3.05) is 13.1 Å². The van der Waals surface area contributed by atoms with Crippen molar-refractivity contribution in [2.45, 2.75) is 30.0 Å². The molecular weight excluding hydrogens is 256 g/mol. The molecule has 1 aromatic rings. The van der Waals surface area contributed by atoms with Gasteiger partial charge in [0.25, 0.3) is 0 Å². The molecule has 2 heterocycles. The van der Waals surface area contributed by atoms with Gasteiger partial charge < -0.3 is 4.90 Å². The highest BCUT2D eigenvalue weighted by Gasteiger charge is 2.24. The summed E-state index contributed by atoms with van der Waals surface area (Å²) in [5.74, 6) is 0.189. The molecule has 0 aliphatic carbocycles. The number of nitrogens with zero attached hydrogens (tertiary/aromatic N) is 2. The molecule has 1 saturated heterocycles. The molecule has 0 spiro atoms. The summed E-state index contributed by atoms with van der Waals surface area (Å²) in [6, 6.07) is 3.59. The van der Waals surface area contributed by atoms with Gasteiger partial charge in [0.1, 0.15) is 5.03 Å². The number of carbonyl (C=O) groups excluding carboxylic acids is 1. The van der Waals surface area contributed by atoms with E-state index in [0.717, 1.165) is 31.0 Å². The van der Waals surface area contributed by atoms with Crippen LogP contribution in [0.2, 0.25) is 5.02 Å². The quantitative estimate of drug-likeness (QED) is 0.792. The lowest BCUT2D eigenvalue weighted by molar-refractivity contribution is -0.129. The monoisotopic (exact) mass is 270 g/mol. The second-order valence-electron chi connectivity index (χ2n) is 4.08. The average Bonchev–Trinajstić information content (AvgIpc) is 2.84. The van der Waals surface area contributed by atoms with Crippen molar-refractivity contribution in [1.82, 2.24) is 9.88 Å². The highest BCUT2D eigenvalue weighted by Crippen LogP contribution is 2.29. The smallest absolute Gasteiger partial charge is 0.235 e. The maximum atomic E-state index is 12.1. The van der Waals surface area contributed by atoms with Crippen LogP contribution in [0.5, 0.6) is 0 Å². The maximum Gasteiger partial charge on any atom is 0.235 e. The minimum atomic E-state index is -0.125. The van der Waals surface area contributed by atoms with E-state index in [1.54, 1.807) is 18.3 Å². The molecule has 17 heavy (non-hydrogen) atoms. The molecule has 0 radical (unpaired) electrons. The molecule has 3 nitrogen and oxygen atoms in total. The topological polar surface area (TPSA) is 33.2 Å². The zero-order valence-electron chi connectivity index (χ0n) is 9.73. The number of likely N-dealkylation sites (tertiary alicyclic amines) is 1. The van der Waals surface area contributed by atoms with E-state index >= 15 is 0 Å². The summed E-state index contributed by atoms with van der Waals surface area (Å²) in [5, 5.41) is 1.22. The van der Waals surface area contributed by atoms with Gasteiger partial charge in [-0.15, -0.1) is 0 Å². The van der Waals surface area contributed by atoms with Crippen molar-refractivity contribution < 1.29 is 4.79 Å². The van der Waals surface area contributed by atoms with Gasteiger partial charge in [0.05, 0.1) is 10.3 Å². The van der Waals surface area contributed by atoms with E-state index in [1.807, 2.05) is 11.8 Å². The molecule has 0 aromatic carbocycles. The first-order chi connectivity index (χ1) is 8.18. The fourth-order valence-electron chi connectivity index (χ4n) is 1.87. The van der Waals surface area contributed by atoms with Gasteiger partial charge in [0.15, 0.2) is 0 Å². The highest BCUT2D eigenvalue weighted by atomic mass is 35.5. The Hall–Kier alpha value is -0.740. The average molecular weight is 271 g/mol. The van der Waals surface area contributed by atoms with Crippen molar-refractivity contribution in [3.8, 4) is 0 Å². The van der Waals surface area contributed by atoms with Gasteiger partial charge >= 0.3 is 0 Å². The molecule has 0 saturated carbocycles. The third kappa shape index (κ3) is 3.13. The van der Waals surface area contributed by atoms with Gasteiger partial charge in [0.2, 0.25) is 5.91 Å². The van der Waals surface area contributed by atoms with E-state index in [1.165, 1.54) is 11.8 Å². The summed E-state index contributed by atoms with van der Waals surface area (Å²) in [6.07, 6.45) is 3.93. The standard InChI is InChI=1S/C12H15ClN2OS/c1-9(12(16)15-7-2-3-8-15)17-11-10(13)5-4-6-14-11/h4-6,9H,2-3,7-8H2,1H3. The molecule has 1 aliphatic rings.